The van der Waals surface area contributed by atoms with E-state index in [0.717, 1.165) is 42.3 Å². The summed E-state index contributed by atoms with van der Waals surface area (Å²) >= 11 is 12.2. The molecule has 0 saturated carbocycles. The van der Waals surface area contributed by atoms with Crippen molar-refractivity contribution < 1.29 is 8.42 Å². The monoisotopic (exact) mass is 379 g/mol. The van der Waals surface area contributed by atoms with Crippen molar-refractivity contribution >= 4 is 44.1 Å². The predicted octanol–water partition coefficient (Wildman–Crippen LogP) is 5.06. The van der Waals surface area contributed by atoms with Gasteiger partial charge in [-0.3, -0.25) is 0 Å². The van der Waals surface area contributed by atoms with Crippen LogP contribution in [0, 0.1) is 0 Å². The molecule has 124 valence electrons. The maximum absolute atomic E-state index is 13.4. The minimum absolute atomic E-state index is 0.0470. The molecule has 4 rings (SSSR count). The summed E-state index contributed by atoms with van der Waals surface area (Å²) < 4.78 is 28.2. The average molecular weight is 380 g/mol. The Kier molecular flexibility index (Phi) is 3.87. The molecule has 1 aromatic heterocycles. The van der Waals surface area contributed by atoms with Gasteiger partial charge in [-0.2, -0.15) is 0 Å². The number of hydrogen-bond donors (Lipinski definition) is 0. The summed E-state index contributed by atoms with van der Waals surface area (Å²) in [7, 11) is -3.82. The molecule has 0 aliphatic heterocycles. The first kappa shape index (κ1) is 16.0. The van der Waals surface area contributed by atoms with Crippen LogP contribution in [-0.2, 0) is 22.9 Å². The zero-order chi connectivity index (χ0) is 16.9. The van der Waals surface area contributed by atoms with E-state index in [-0.39, 0.29) is 9.92 Å². The lowest BCUT2D eigenvalue weighted by atomic mass is 9.96. The molecule has 2 aromatic carbocycles. The number of rotatable bonds is 2. The number of aromatic nitrogens is 1. The average Bonchev–Trinajstić information content (AvgIpc) is 2.92. The lowest BCUT2D eigenvalue weighted by molar-refractivity contribution is 0.582. The SMILES string of the molecule is O=S(=O)(c1cc(Cl)ccc1Cl)n1c2c(c3ccccc31)CCCC2. The zero-order valence-electron chi connectivity index (χ0n) is 12.8. The molecule has 3 aromatic rings. The van der Waals surface area contributed by atoms with Gasteiger partial charge in [-0.15, -0.1) is 0 Å². The Labute approximate surface area is 150 Å². The van der Waals surface area contributed by atoms with Crippen LogP contribution in [0.5, 0.6) is 0 Å². The second-order valence-corrected chi connectivity index (χ2v) is 8.59. The van der Waals surface area contributed by atoms with Gasteiger partial charge in [0.25, 0.3) is 10.0 Å². The normalized spacial score (nSPS) is 14.8. The maximum atomic E-state index is 13.4. The number of fused-ring (bicyclic) bond motifs is 3. The number of aryl methyl sites for hydroxylation is 1. The van der Waals surface area contributed by atoms with Crippen molar-refractivity contribution in [2.24, 2.45) is 0 Å². The number of hydrogen-bond acceptors (Lipinski definition) is 2. The van der Waals surface area contributed by atoms with Crippen molar-refractivity contribution in [3.63, 3.8) is 0 Å². The third-order valence-electron chi connectivity index (χ3n) is 4.54. The standard InChI is InChI=1S/C18H15Cl2NO2S/c19-12-9-10-15(20)18(11-12)24(22,23)21-16-7-3-1-5-13(16)14-6-2-4-8-17(14)21/h1,3,5,7,9-11H,2,4,6,8H2. The van der Waals surface area contributed by atoms with Crippen molar-refractivity contribution in [2.75, 3.05) is 0 Å². The van der Waals surface area contributed by atoms with Gasteiger partial charge in [0, 0.05) is 16.1 Å². The molecular formula is C18H15Cl2NO2S. The second-order valence-electron chi connectivity index (χ2n) is 5.99. The van der Waals surface area contributed by atoms with E-state index in [9.17, 15) is 8.42 Å². The molecule has 24 heavy (non-hydrogen) atoms. The van der Waals surface area contributed by atoms with Crippen LogP contribution in [0.15, 0.2) is 47.4 Å². The summed E-state index contributed by atoms with van der Waals surface area (Å²) in [6.07, 6.45) is 3.73. The Bertz CT molecular complexity index is 1050. The van der Waals surface area contributed by atoms with Crippen molar-refractivity contribution in [1.82, 2.24) is 3.97 Å². The molecule has 0 saturated heterocycles. The first-order valence-corrected chi connectivity index (χ1v) is 10.0. The van der Waals surface area contributed by atoms with Gasteiger partial charge in [-0.25, -0.2) is 12.4 Å². The van der Waals surface area contributed by atoms with Crippen LogP contribution in [0.1, 0.15) is 24.1 Å². The van der Waals surface area contributed by atoms with Crippen LogP contribution in [0.3, 0.4) is 0 Å². The fraction of sp³-hybridized carbons (Fsp3) is 0.222. The number of benzene rings is 2. The van der Waals surface area contributed by atoms with Crippen molar-refractivity contribution in [3.8, 4) is 0 Å². The molecule has 3 nitrogen and oxygen atoms in total. The highest BCUT2D eigenvalue weighted by Gasteiger charge is 2.29. The quantitative estimate of drug-likeness (QED) is 0.623. The van der Waals surface area contributed by atoms with Gasteiger partial charge in [0.2, 0.25) is 0 Å². The van der Waals surface area contributed by atoms with Gasteiger partial charge in [0.15, 0.2) is 0 Å². The van der Waals surface area contributed by atoms with Gasteiger partial charge in [-0.05, 0) is 55.5 Å². The van der Waals surface area contributed by atoms with E-state index >= 15 is 0 Å². The van der Waals surface area contributed by atoms with E-state index in [1.54, 1.807) is 6.07 Å². The predicted molar refractivity (Wildman–Crippen MR) is 97.6 cm³/mol. The summed E-state index contributed by atoms with van der Waals surface area (Å²) in [5, 5.41) is 1.54. The highest BCUT2D eigenvalue weighted by Crippen LogP contribution is 2.36. The van der Waals surface area contributed by atoms with E-state index in [1.807, 2.05) is 24.3 Å². The minimum atomic E-state index is -3.82. The van der Waals surface area contributed by atoms with Gasteiger partial charge < -0.3 is 0 Å². The Hall–Kier alpha value is -1.49. The van der Waals surface area contributed by atoms with Crippen LogP contribution in [0.2, 0.25) is 10.0 Å². The second kappa shape index (κ2) is 5.80. The van der Waals surface area contributed by atoms with Gasteiger partial charge in [0.1, 0.15) is 4.90 Å². The van der Waals surface area contributed by atoms with E-state index in [1.165, 1.54) is 16.1 Å². The molecule has 0 N–H and O–H groups in total. The fourth-order valence-corrected chi connectivity index (χ4v) is 5.85. The molecule has 0 fully saturated rings. The third kappa shape index (κ3) is 2.36. The molecule has 0 atom stereocenters. The minimum Gasteiger partial charge on any atom is -0.238 e. The van der Waals surface area contributed by atoms with Gasteiger partial charge >= 0.3 is 0 Å². The highest BCUT2D eigenvalue weighted by atomic mass is 35.5. The third-order valence-corrected chi connectivity index (χ3v) is 7.01. The Balaban J connectivity index is 2.08. The number of nitrogens with zero attached hydrogens (tertiary/aromatic N) is 1. The first-order valence-electron chi connectivity index (χ1n) is 7.82. The smallest absolute Gasteiger partial charge is 0.238 e. The molecule has 1 heterocycles. The zero-order valence-corrected chi connectivity index (χ0v) is 15.1. The van der Waals surface area contributed by atoms with Crippen LogP contribution < -0.4 is 0 Å². The highest BCUT2D eigenvalue weighted by molar-refractivity contribution is 7.90. The van der Waals surface area contributed by atoms with Gasteiger partial charge in [0.05, 0.1) is 10.5 Å². The molecule has 0 radical (unpaired) electrons. The fourth-order valence-electron chi connectivity index (χ4n) is 3.50. The summed E-state index contributed by atoms with van der Waals surface area (Å²) in [5.41, 5.74) is 2.72. The Morgan fingerprint density at radius 1 is 0.958 bits per heavy atom. The van der Waals surface area contributed by atoms with E-state index in [4.69, 9.17) is 23.2 Å². The molecule has 1 aliphatic rings. The van der Waals surface area contributed by atoms with Crippen molar-refractivity contribution in [2.45, 2.75) is 30.6 Å². The van der Waals surface area contributed by atoms with Crippen LogP contribution in [0.25, 0.3) is 10.9 Å². The van der Waals surface area contributed by atoms with Crippen molar-refractivity contribution in [3.05, 3.63) is 63.8 Å². The van der Waals surface area contributed by atoms with Crippen LogP contribution in [-0.4, -0.2) is 12.4 Å². The largest absolute Gasteiger partial charge is 0.269 e. The number of para-hydroxylation sites is 1. The molecule has 0 spiro atoms. The molecule has 6 heteroatoms. The van der Waals surface area contributed by atoms with Crippen LogP contribution in [0.4, 0.5) is 0 Å². The maximum Gasteiger partial charge on any atom is 0.269 e. The summed E-state index contributed by atoms with van der Waals surface area (Å²) in [5.74, 6) is 0. The molecule has 1 aliphatic carbocycles. The molecular weight excluding hydrogens is 365 g/mol. The topological polar surface area (TPSA) is 39.1 Å². The van der Waals surface area contributed by atoms with E-state index < -0.39 is 10.0 Å². The first-order chi connectivity index (χ1) is 11.5. The molecule has 0 unspecified atom stereocenters. The van der Waals surface area contributed by atoms with E-state index in [0.29, 0.717) is 10.5 Å². The Morgan fingerprint density at radius 2 is 1.71 bits per heavy atom. The van der Waals surface area contributed by atoms with Crippen molar-refractivity contribution in [1.29, 1.82) is 0 Å². The molecule has 0 bridgehead atoms. The summed E-state index contributed by atoms with van der Waals surface area (Å²) in [4.78, 5) is 0.0470. The summed E-state index contributed by atoms with van der Waals surface area (Å²) in [6.45, 7) is 0. The van der Waals surface area contributed by atoms with Gasteiger partial charge in [-0.1, -0.05) is 41.4 Å². The van der Waals surface area contributed by atoms with E-state index in [2.05, 4.69) is 0 Å². The summed E-state index contributed by atoms with van der Waals surface area (Å²) in [6, 6.07) is 12.2. The molecule has 0 amide bonds. The number of halogens is 2. The lowest BCUT2D eigenvalue weighted by Crippen LogP contribution is -2.18. The van der Waals surface area contributed by atoms with Crippen LogP contribution >= 0.6 is 23.2 Å². The lowest BCUT2D eigenvalue weighted by Gasteiger charge is -2.17. The Morgan fingerprint density at radius 3 is 2.54 bits per heavy atom.